The predicted octanol–water partition coefficient (Wildman–Crippen LogP) is 3.15. The molecule has 4 aliphatic heterocycles. The van der Waals surface area contributed by atoms with Crippen LogP contribution < -0.4 is 20.1 Å². The highest BCUT2D eigenvalue weighted by molar-refractivity contribution is 7.87. The second-order valence-corrected chi connectivity index (χ2v) is 17.0. The first-order chi connectivity index (χ1) is 25.7. The number of piperazine rings is 1. The van der Waals surface area contributed by atoms with E-state index in [4.69, 9.17) is 25.5 Å². The lowest BCUT2D eigenvalue weighted by Gasteiger charge is -2.50. The van der Waals surface area contributed by atoms with Crippen LogP contribution in [-0.4, -0.2) is 127 Å². The van der Waals surface area contributed by atoms with E-state index < -0.39 is 39.0 Å². The van der Waals surface area contributed by atoms with E-state index in [0.717, 1.165) is 36.8 Å². The maximum Gasteiger partial charge on any atom is 0.341 e. The van der Waals surface area contributed by atoms with Crippen LogP contribution in [0.3, 0.4) is 0 Å². The number of nitrogens with one attached hydrogen (secondary N) is 1. The molecule has 3 saturated heterocycles. The van der Waals surface area contributed by atoms with Gasteiger partial charge in [-0.2, -0.15) is 12.7 Å². The molecule has 17 heteroatoms. The third-order valence-corrected chi connectivity index (χ3v) is 13.3. The van der Waals surface area contributed by atoms with Crippen molar-refractivity contribution in [1.29, 1.82) is 0 Å². The highest BCUT2D eigenvalue weighted by Crippen LogP contribution is 2.39. The van der Waals surface area contributed by atoms with E-state index in [1.54, 1.807) is 21.2 Å². The number of nitrogens with zero attached hydrogens (tertiary/aromatic N) is 5. The van der Waals surface area contributed by atoms with Gasteiger partial charge in [-0.05, 0) is 57.0 Å². The summed E-state index contributed by atoms with van der Waals surface area (Å²) in [4.78, 5) is 48.3. The molecule has 0 aliphatic carbocycles. The number of amides is 2. The molecule has 0 radical (unpaired) electrons. The highest BCUT2D eigenvalue weighted by atomic mass is 35.5. The Balaban J connectivity index is 1.14. The average Bonchev–Trinajstić information content (AvgIpc) is 3.12. The number of hydrogen-bond donors (Lipinski definition) is 1. The minimum Gasteiger partial charge on any atom is -0.422 e. The SMILES string of the molecule is COC[C@H]1CN(c2cc(Cl)c3c4c(c(=O)oc3c2C)CN(C(=O)c2cc(N(C)C)c(C(=O)NS(=O)(=O)N3CCCCC35COC5)cc2F)CC4)CCN1C. The van der Waals surface area contributed by atoms with Crippen molar-refractivity contribution in [2.24, 2.45) is 0 Å². The molecular weight excluding hydrogens is 743 g/mol. The summed E-state index contributed by atoms with van der Waals surface area (Å²) in [5.41, 5.74) is 1.28. The Kier molecular flexibility index (Phi) is 10.5. The smallest absolute Gasteiger partial charge is 0.341 e. The van der Waals surface area contributed by atoms with Crippen LogP contribution in [0, 0.1) is 12.7 Å². The average molecular weight is 789 g/mol. The number of ether oxygens (including phenoxy) is 2. The lowest BCUT2D eigenvalue weighted by atomic mass is 9.87. The molecule has 292 valence electrons. The Morgan fingerprint density at radius 2 is 1.85 bits per heavy atom. The Morgan fingerprint density at radius 3 is 2.54 bits per heavy atom. The van der Waals surface area contributed by atoms with Crippen molar-refractivity contribution < 1.29 is 36.3 Å². The van der Waals surface area contributed by atoms with Gasteiger partial charge in [-0.25, -0.2) is 13.9 Å². The Bertz CT molecular complexity index is 2180. The van der Waals surface area contributed by atoms with Crippen molar-refractivity contribution >= 4 is 56.0 Å². The molecule has 3 fully saturated rings. The summed E-state index contributed by atoms with van der Waals surface area (Å²) in [5.74, 6) is -2.72. The van der Waals surface area contributed by atoms with Crippen molar-refractivity contribution in [3.63, 3.8) is 0 Å². The number of likely N-dealkylation sites (N-methyl/N-ethyl adjacent to an activating group) is 1. The molecule has 0 unspecified atom stereocenters. The summed E-state index contributed by atoms with van der Waals surface area (Å²) in [6, 6.07) is 4.19. The minimum atomic E-state index is -4.29. The number of piperidine rings is 1. The van der Waals surface area contributed by atoms with Gasteiger partial charge in [-0.1, -0.05) is 18.0 Å². The molecule has 14 nitrogen and oxygen atoms in total. The molecular formula is C37H46ClFN6O8S. The fourth-order valence-electron chi connectivity index (χ4n) is 8.29. The van der Waals surface area contributed by atoms with Gasteiger partial charge in [0.1, 0.15) is 11.4 Å². The topological polar surface area (TPSA) is 145 Å². The molecule has 1 N–H and O–H groups in total. The molecule has 7 rings (SSSR count). The van der Waals surface area contributed by atoms with Gasteiger partial charge in [-0.3, -0.25) is 14.5 Å². The van der Waals surface area contributed by atoms with Gasteiger partial charge < -0.3 is 28.6 Å². The van der Waals surface area contributed by atoms with Crippen molar-refractivity contribution in [2.45, 2.75) is 50.7 Å². The Hall–Kier alpha value is -3.80. The molecule has 3 aromatic rings. The fraction of sp³-hybridized carbons (Fsp3) is 0.541. The number of anilines is 2. The number of fused-ring (bicyclic) bond motifs is 3. The van der Waals surface area contributed by atoms with Crippen molar-refractivity contribution in [2.75, 3.05) is 90.6 Å². The third kappa shape index (κ3) is 6.74. The number of hydrogen-bond acceptors (Lipinski definition) is 11. The van der Waals surface area contributed by atoms with Crippen LogP contribution in [0.2, 0.25) is 5.02 Å². The fourth-order valence-corrected chi connectivity index (χ4v) is 10.1. The Morgan fingerprint density at radius 1 is 1.09 bits per heavy atom. The number of benzene rings is 2. The largest absolute Gasteiger partial charge is 0.422 e. The molecule has 1 spiro atoms. The minimum absolute atomic E-state index is 0.140. The summed E-state index contributed by atoms with van der Waals surface area (Å²) in [6.07, 6.45) is 2.39. The monoisotopic (exact) mass is 788 g/mol. The summed E-state index contributed by atoms with van der Waals surface area (Å²) >= 11 is 6.94. The van der Waals surface area contributed by atoms with Gasteiger partial charge in [0.05, 0.1) is 65.3 Å². The first kappa shape index (κ1) is 38.5. The van der Waals surface area contributed by atoms with E-state index in [-0.39, 0.29) is 67.7 Å². The lowest BCUT2D eigenvalue weighted by Crippen LogP contribution is -2.67. The zero-order valence-electron chi connectivity index (χ0n) is 31.2. The highest BCUT2D eigenvalue weighted by Gasteiger charge is 2.51. The van der Waals surface area contributed by atoms with Crippen LogP contribution in [0.15, 0.2) is 27.4 Å². The van der Waals surface area contributed by atoms with Gasteiger partial charge in [0.15, 0.2) is 0 Å². The summed E-state index contributed by atoms with van der Waals surface area (Å²) in [6.45, 7) is 5.53. The Labute approximate surface area is 318 Å². The molecule has 5 heterocycles. The van der Waals surface area contributed by atoms with Gasteiger partial charge >= 0.3 is 15.8 Å². The van der Waals surface area contributed by atoms with Gasteiger partial charge in [0.2, 0.25) is 0 Å². The number of aryl methyl sites for hydroxylation is 1. The normalized spacial score (nSPS) is 20.5. The molecule has 2 amide bonds. The van der Waals surface area contributed by atoms with Gasteiger partial charge in [0.25, 0.3) is 11.8 Å². The standard InChI is InChI=1S/C37H46ClFN6O8S/c1-22-30(43-13-12-42(4)23(17-43)19-51-5)16-28(38)32-24-8-11-44(18-27(24)36(48)53-33(22)32)35(47)25-15-31(41(2)3)26(14-29(25)39)34(46)40-54(49,50)45-10-7-6-9-37(45)20-52-21-37/h14-16,23H,6-13,17-21H2,1-5H3,(H,40,46)/t23-/m1/s1. The third-order valence-electron chi connectivity index (χ3n) is 11.4. The van der Waals surface area contributed by atoms with E-state index >= 15 is 4.39 Å². The maximum atomic E-state index is 15.9. The first-order valence-corrected chi connectivity index (χ1v) is 19.9. The molecule has 0 bridgehead atoms. The molecule has 54 heavy (non-hydrogen) atoms. The lowest BCUT2D eigenvalue weighted by molar-refractivity contribution is -0.125. The van der Waals surface area contributed by atoms with Crippen molar-refractivity contribution in [3.8, 4) is 0 Å². The van der Waals surface area contributed by atoms with Crippen LogP contribution in [-0.2, 0) is 32.6 Å². The molecule has 4 aliphatic rings. The quantitative estimate of drug-likeness (QED) is 0.336. The van der Waals surface area contributed by atoms with E-state index in [9.17, 15) is 22.8 Å². The summed E-state index contributed by atoms with van der Waals surface area (Å²) in [5, 5.41) is 1.05. The zero-order chi connectivity index (χ0) is 38.7. The zero-order valence-corrected chi connectivity index (χ0v) is 32.7. The van der Waals surface area contributed by atoms with Crippen LogP contribution in [0.5, 0.6) is 0 Å². The summed E-state index contributed by atoms with van der Waals surface area (Å²) < 4.78 is 62.8. The molecule has 2 aromatic carbocycles. The first-order valence-electron chi connectivity index (χ1n) is 18.1. The number of halogens is 2. The van der Waals surface area contributed by atoms with Gasteiger partial charge in [-0.15, -0.1) is 0 Å². The van der Waals surface area contributed by atoms with Crippen molar-refractivity contribution in [3.05, 3.63) is 67.3 Å². The molecule has 1 aromatic heterocycles. The van der Waals surface area contributed by atoms with E-state index in [1.165, 1.54) is 20.2 Å². The maximum absolute atomic E-state index is 15.9. The number of rotatable bonds is 8. The molecule has 0 saturated carbocycles. The van der Waals surface area contributed by atoms with Crippen LogP contribution in [0.4, 0.5) is 15.8 Å². The van der Waals surface area contributed by atoms with Gasteiger partial charge in [0, 0.05) is 70.6 Å². The second-order valence-electron chi connectivity index (χ2n) is 15.0. The van der Waals surface area contributed by atoms with E-state index in [1.807, 2.05) is 13.0 Å². The van der Waals surface area contributed by atoms with Crippen LogP contribution >= 0.6 is 11.6 Å². The second kappa shape index (κ2) is 14.7. The predicted molar refractivity (Wildman–Crippen MR) is 202 cm³/mol. The number of carbonyl (C=O) groups is 2. The molecule has 1 atom stereocenters. The van der Waals surface area contributed by atoms with Crippen molar-refractivity contribution in [1.82, 2.24) is 18.8 Å². The van der Waals surface area contributed by atoms with E-state index in [2.05, 4.69) is 21.6 Å². The summed E-state index contributed by atoms with van der Waals surface area (Å²) in [7, 11) is 2.66. The van der Waals surface area contributed by atoms with E-state index in [0.29, 0.717) is 47.5 Å². The van der Waals surface area contributed by atoms with Crippen LogP contribution in [0.25, 0.3) is 11.0 Å². The van der Waals surface area contributed by atoms with Crippen LogP contribution in [0.1, 0.15) is 56.7 Å². The number of methoxy groups -OCH3 is 1. The number of carbonyl (C=O) groups excluding carboxylic acids is 2.